The van der Waals surface area contributed by atoms with Gasteiger partial charge in [0.05, 0.1) is 35.8 Å². The number of carbonyl (C=O) groups is 1. The second kappa shape index (κ2) is 8.45. The van der Waals surface area contributed by atoms with Crippen LogP contribution in [0.15, 0.2) is 48.5 Å². The number of carbonyl (C=O) groups excluding carboxylic acids is 1. The summed E-state index contributed by atoms with van der Waals surface area (Å²) in [6.07, 6.45) is 0. The number of hydrogen-bond acceptors (Lipinski definition) is 5. The van der Waals surface area contributed by atoms with Crippen LogP contribution in [0, 0.1) is 0 Å². The molecule has 0 radical (unpaired) electrons. The van der Waals surface area contributed by atoms with E-state index >= 15 is 0 Å². The number of aromatic amines is 1. The summed E-state index contributed by atoms with van der Waals surface area (Å²) in [7, 11) is 0. The second-order valence-corrected chi connectivity index (χ2v) is 7.37. The third kappa shape index (κ3) is 4.61. The van der Waals surface area contributed by atoms with Gasteiger partial charge in [0.1, 0.15) is 5.82 Å². The SMILES string of the molecule is O=C(CSCc1nc2ccccc2[nH]1)Nc1ccc(N2CCOCC2)cc1. The summed E-state index contributed by atoms with van der Waals surface area (Å²) in [6, 6.07) is 15.9. The largest absolute Gasteiger partial charge is 0.378 e. The van der Waals surface area contributed by atoms with E-state index in [1.165, 1.54) is 0 Å². The van der Waals surface area contributed by atoms with E-state index in [0.29, 0.717) is 11.5 Å². The molecule has 27 heavy (non-hydrogen) atoms. The van der Waals surface area contributed by atoms with Gasteiger partial charge in [-0.2, -0.15) is 0 Å². The number of nitrogens with one attached hydrogen (secondary N) is 2. The van der Waals surface area contributed by atoms with Crippen LogP contribution in [0.5, 0.6) is 0 Å². The molecule has 1 amide bonds. The third-order valence-electron chi connectivity index (χ3n) is 4.44. The van der Waals surface area contributed by atoms with Gasteiger partial charge in [-0.1, -0.05) is 12.1 Å². The molecule has 0 saturated carbocycles. The van der Waals surface area contributed by atoms with E-state index < -0.39 is 0 Å². The molecule has 1 aliphatic heterocycles. The van der Waals surface area contributed by atoms with Crippen LogP contribution in [0.3, 0.4) is 0 Å². The third-order valence-corrected chi connectivity index (χ3v) is 5.38. The van der Waals surface area contributed by atoms with Crippen molar-refractivity contribution in [2.45, 2.75) is 5.75 Å². The van der Waals surface area contributed by atoms with Crippen molar-refractivity contribution in [3.63, 3.8) is 0 Å². The number of thioether (sulfide) groups is 1. The van der Waals surface area contributed by atoms with Crippen LogP contribution in [0.25, 0.3) is 11.0 Å². The van der Waals surface area contributed by atoms with Crippen molar-refractivity contribution >= 4 is 40.1 Å². The number of H-pyrrole nitrogens is 1. The highest BCUT2D eigenvalue weighted by molar-refractivity contribution is 7.99. The first-order valence-corrected chi connectivity index (χ1v) is 10.2. The standard InChI is InChI=1S/C20H22N4O2S/c25-20(14-27-13-19-22-17-3-1-2-4-18(17)23-19)21-15-5-7-16(8-6-15)24-9-11-26-12-10-24/h1-8H,9-14H2,(H,21,25)(H,22,23). The van der Waals surface area contributed by atoms with E-state index in [1.807, 2.05) is 48.5 Å². The Morgan fingerprint density at radius 2 is 1.93 bits per heavy atom. The van der Waals surface area contributed by atoms with E-state index in [2.05, 4.69) is 20.2 Å². The van der Waals surface area contributed by atoms with Crippen molar-refractivity contribution in [3.8, 4) is 0 Å². The van der Waals surface area contributed by atoms with Gasteiger partial charge >= 0.3 is 0 Å². The van der Waals surface area contributed by atoms with Crippen molar-refractivity contribution < 1.29 is 9.53 Å². The molecule has 1 aromatic heterocycles. The van der Waals surface area contributed by atoms with E-state index in [9.17, 15) is 4.79 Å². The van der Waals surface area contributed by atoms with Crippen molar-refractivity contribution in [1.29, 1.82) is 0 Å². The van der Waals surface area contributed by atoms with Crippen LogP contribution in [-0.4, -0.2) is 47.9 Å². The normalized spacial score (nSPS) is 14.4. The number of nitrogens with zero attached hydrogens (tertiary/aromatic N) is 2. The minimum atomic E-state index is -0.00441. The molecule has 0 spiro atoms. The number of benzene rings is 2. The second-order valence-electron chi connectivity index (χ2n) is 6.39. The fourth-order valence-corrected chi connectivity index (χ4v) is 3.78. The Hall–Kier alpha value is -2.51. The van der Waals surface area contributed by atoms with Gasteiger partial charge in [0.2, 0.25) is 5.91 Å². The lowest BCUT2D eigenvalue weighted by Crippen LogP contribution is -2.36. The molecule has 140 valence electrons. The van der Waals surface area contributed by atoms with Gasteiger partial charge in [-0.25, -0.2) is 4.98 Å². The average molecular weight is 382 g/mol. The molecule has 7 heteroatoms. The highest BCUT2D eigenvalue weighted by Gasteiger charge is 2.11. The number of aromatic nitrogens is 2. The maximum Gasteiger partial charge on any atom is 0.234 e. The maximum atomic E-state index is 12.2. The average Bonchev–Trinajstić information content (AvgIpc) is 3.12. The zero-order chi connectivity index (χ0) is 18.5. The molecule has 1 aliphatic rings. The molecule has 1 fully saturated rings. The minimum Gasteiger partial charge on any atom is -0.378 e. The number of morpholine rings is 1. The number of rotatable bonds is 6. The Morgan fingerprint density at radius 3 is 2.70 bits per heavy atom. The fourth-order valence-electron chi connectivity index (χ4n) is 3.09. The lowest BCUT2D eigenvalue weighted by Gasteiger charge is -2.28. The summed E-state index contributed by atoms with van der Waals surface area (Å²) in [6.45, 7) is 3.34. The Balaban J connectivity index is 1.25. The summed E-state index contributed by atoms with van der Waals surface area (Å²) in [5, 5.41) is 2.95. The number of imidazole rings is 1. The molecule has 2 heterocycles. The number of hydrogen-bond donors (Lipinski definition) is 2. The van der Waals surface area contributed by atoms with E-state index in [4.69, 9.17) is 4.74 Å². The maximum absolute atomic E-state index is 12.2. The summed E-state index contributed by atoms with van der Waals surface area (Å²) in [4.78, 5) is 22.3. The fraction of sp³-hybridized carbons (Fsp3) is 0.300. The van der Waals surface area contributed by atoms with Crippen molar-refractivity contribution in [3.05, 3.63) is 54.4 Å². The quantitative estimate of drug-likeness (QED) is 0.685. The number of fused-ring (bicyclic) bond motifs is 1. The molecule has 0 aliphatic carbocycles. The van der Waals surface area contributed by atoms with Crippen LogP contribution in [0.2, 0.25) is 0 Å². The predicted octanol–water partition coefficient (Wildman–Crippen LogP) is 3.27. The Labute approximate surface area is 162 Å². The van der Waals surface area contributed by atoms with Gasteiger partial charge in [-0.3, -0.25) is 4.79 Å². The lowest BCUT2D eigenvalue weighted by molar-refractivity contribution is -0.113. The highest BCUT2D eigenvalue weighted by atomic mass is 32.2. The Bertz CT molecular complexity index is 871. The van der Waals surface area contributed by atoms with Gasteiger partial charge in [-0.05, 0) is 36.4 Å². The number of para-hydroxylation sites is 2. The lowest BCUT2D eigenvalue weighted by atomic mass is 10.2. The summed E-state index contributed by atoms with van der Waals surface area (Å²) >= 11 is 1.55. The topological polar surface area (TPSA) is 70.2 Å². The summed E-state index contributed by atoms with van der Waals surface area (Å²) < 4.78 is 5.38. The summed E-state index contributed by atoms with van der Waals surface area (Å²) in [5.41, 5.74) is 3.97. The molecule has 4 rings (SSSR count). The molecule has 6 nitrogen and oxygen atoms in total. The first-order chi connectivity index (χ1) is 13.3. The van der Waals surface area contributed by atoms with Crippen molar-refractivity contribution in [2.24, 2.45) is 0 Å². The molecule has 3 aromatic rings. The van der Waals surface area contributed by atoms with Gasteiger partial charge in [0.15, 0.2) is 0 Å². The van der Waals surface area contributed by atoms with Gasteiger partial charge in [0.25, 0.3) is 0 Å². The predicted molar refractivity (Wildman–Crippen MR) is 110 cm³/mol. The van der Waals surface area contributed by atoms with Crippen molar-refractivity contribution in [1.82, 2.24) is 9.97 Å². The van der Waals surface area contributed by atoms with E-state index in [0.717, 1.165) is 54.5 Å². The van der Waals surface area contributed by atoms with Gasteiger partial charge in [-0.15, -0.1) is 11.8 Å². The first kappa shape index (κ1) is 17.9. The van der Waals surface area contributed by atoms with Crippen LogP contribution in [-0.2, 0) is 15.3 Å². The molecule has 1 saturated heterocycles. The van der Waals surface area contributed by atoms with Crippen LogP contribution < -0.4 is 10.2 Å². The minimum absolute atomic E-state index is 0.00441. The molecular formula is C20H22N4O2S. The Kier molecular flexibility index (Phi) is 5.60. The van der Waals surface area contributed by atoms with Gasteiger partial charge < -0.3 is 19.9 Å². The smallest absolute Gasteiger partial charge is 0.234 e. The van der Waals surface area contributed by atoms with Gasteiger partial charge in [0, 0.05) is 24.5 Å². The number of ether oxygens (including phenoxy) is 1. The Morgan fingerprint density at radius 1 is 1.15 bits per heavy atom. The zero-order valence-electron chi connectivity index (χ0n) is 15.0. The number of amides is 1. The molecule has 0 unspecified atom stereocenters. The van der Waals surface area contributed by atoms with Crippen LogP contribution in [0.4, 0.5) is 11.4 Å². The monoisotopic (exact) mass is 382 g/mol. The number of anilines is 2. The van der Waals surface area contributed by atoms with Crippen LogP contribution in [0.1, 0.15) is 5.82 Å². The zero-order valence-corrected chi connectivity index (χ0v) is 15.8. The molecule has 0 atom stereocenters. The molecule has 2 aromatic carbocycles. The molecule has 2 N–H and O–H groups in total. The molecular weight excluding hydrogens is 360 g/mol. The van der Waals surface area contributed by atoms with E-state index in [1.54, 1.807) is 11.8 Å². The van der Waals surface area contributed by atoms with Crippen molar-refractivity contribution in [2.75, 3.05) is 42.3 Å². The summed E-state index contributed by atoms with van der Waals surface area (Å²) in [5.74, 6) is 1.96. The molecule has 0 bridgehead atoms. The highest BCUT2D eigenvalue weighted by Crippen LogP contribution is 2.20. The first-order valence-electron chi connectivity index (χ1n) is 9.02. The van der Waals surface area contributed by atoms with Crippen LogP contribution >= 0.6 is 11.8 Å². The van der Waals surface area contributed by atoms with E-state index in [-0.39, 0.29) is 5.91 Å².